The van der Waals surface area contributed by atoms with E-state index in [4.69, 9.17) is 19.2 Å². The van der Waals surface area contributed by atoms with Gasteiger partial charge in [0, 0.05) is 45.0 Å². The molecule has 0 saturated heterocycles. The summed E-state index contributed by atoms with van der Waals surface area (Å²) in [5.41, 5.74) is 3.48. The minimum Gasteiger partial charge on any atom is -0.488 e. The van der Waals surface area contributed by atoms with Crippen molar-refractivity contribution in [2.75, 3.05) is 18.1 Å². The summed E-state index contributed by atoms with van der Waals surface area (Å²) in [6.45, 7) is 4.55. The van der Waals surface area contributed by atoms with E-state index in [9.17, 15) is 14.7 Å². The number of halogens is 1. The number of aryl methyl sites for hydroxylation is 1. The highest BCUT2D eigenvalue weighted by Gasteiger charge is 2.53. The van der Waals surface area contributed by atoms with Crippen LogP contribution in [0.4, 0.5) is 5.69 Å². The zero-order valence-electron chi connectivity index (χ0n) is 22.3. The van der Waals surface area contributed by atoms with Gasteiger partial charge in [-0.15, -0.1) is 0 Å². The number of hydrogen-bond acceptors (Lipinski definition) is 7. The summed E-state index contributed by atoms with van der Waals surface area (Å²) in [6.07, 6.45) is 0.313. The lowest BCUT2D eigenvalue weighted by molar-refractivity contribution is -0.121. The molecule has 3 aliphatic rings. The van der Waals surface area contributed by atoms with Crippen molar-refractivity contribution in [3.63, 3.8) is 0 Å². The SMILES string of the molecule is CCN1C(=O)COc2cc(C(=O)[C@@H]3Oc4ccc(Br)cc4[C@@]3(O)c3cnc4c(c3)COc3ccc(C)cc3-4)ccc21. The maximum Gasteiger partial charge on any atom is 0.265 e. The number of fused-ring (bicyclic) bond motifs is 5. The van der Waals surface area contributed by atoms with Crippen molar-refractivity contribution in [2.45, 2.75) is 32.2 Å². The molecule has 3 aliphatic heterocycles. The summed E-state index contributed by atoms with van der Waals surface area (Å²) in [5.74, 6) is 1.02. The van der Waals surface area contributed by atoms with Crippen molar-refractivity contribution in [3.05, 3.63) is 99.2 Å². The quantitative estimate of drug-likeness (QED) is 0.311. The van der Waals surface area contributed by atoms with Crippen molar-refractivity contribution in [2.24, 2.45) is 0 Å². The summed E-state index contributed by atoms with van der Waals surface area (Å²) in [6, 6.07) is 18.0. The number of Topliss-reactive ketones (excluding diaryl/α,β-unsaturated/α-hetero) is 1. The van der Waals surface area contributed by atoms with Crippen molar-refractivity contribution in [3.8, 4) is 28.5 Å². The number of amides is 1. The Labute approximate surface area is 244 Å². The highest BCUT2D eigenvalue weighted by atomic mass is 79.9. The summed E-state index contributed by atoms with van der Waals surface area (Å²) in [5, 5.41) is 12.5. The van der Waals surface area contributed by atoms with Crippen molar-refractivity contribution >= 4 is 33.3 Å². The Morgan fingerprint density at radius 2 is 1.85 bits per heavy atom. The van der Waals surface area contributed by atoms with Crippen molar-refractivity contribution in [1.82, 2.24) is 4.98 Å². The lowest BCUT2D eigenvalue weighted by atomic mass is 9.80. The van der Waals surface area contributed by atoms with E-state index in [0.29, 0.717) is 40.4 Å². The molecular formula is C32H25BrN2O6. The molecule has 0 aliphatic carbocycles. The molecule has 7 rings (SSSR count). The number of rotatable bonds is 4. The Morgan fingerprint density at radius 3 is 2.68 bits per heavy atom. The standard InChI is InChI=1S/C32H25BrN2O6/c1-3-35-24-7-5-18(12-27(24)40-16-28(35)36)30(37)31-32(38,23-13-21(33)6-9-26(23)41-31)20-11-19-15-39-25-8-4-17(2)10-22(25)29(19)34-14-20/h4-14,31,38H,3,15-16H2,1-2H3/t31-,32-/m0/s1. The first-order valence-electron chi connectivity index (χ1n) is 13.3. The minimum atomic E-state index is -1.84. The molecule has 0 saturated carbocycles. The smallest absolute Gasteiger partial charge is 0.265 e. The molecule has 8 nitrogen and oxygen atoms in total. The first-order valence-corrected chi connectivity index (χ1v) is 14.1. The fourth-order valence-corrected chi connectivity index (χ4v) is 6.20. The van der Waals surface area contributed by atoms with Crippen LogP contribution in [0.5, 0.6) is 17.2 Å². The molecule has 9 heteroatoms. The summed E-state index contributed by atoms with van der Waals surface area (Å²) in [7, 11) is 0. The number of ketones is 1. The number of nitrogens with zero attached hydrogens (tertiary/aromatic N) is 2. The van der Waals surface area contributed by atoms with Gasteiger partial charge in [0.15, 0.2) is 18.3 Å². The van der Waals surface area contributed by atoms with E-state index in [1.807, 2.05) is 38.1 Å². The Bertz CT molecular complexity index is 1770. The number of carbonyl (C=O) groups is 2. The predicted molar refractivity (Wildman–Crippen MR) is 155 cm³/mol. The molecule has 3 aromatic carbocycles. The molecule has 0 radical (unpaired) electrons. The van der Waals surface area contributed by atoms with Crippen LogP contribution >= 0.6 is 15.9 Å². The maximum atomic E-state index is 14.1. The Kier molecular flexibility index (Phi) is 5.92. The lowest BCUT2D eigenvalue weighted by Gasteiger charge is -2.31. The third kappa shape index (κ3) is 3.94. The van der Waals surface area contributed by atoms with Crippen LogP contribution in [-0.4, -0.2) is 41.0 Å². The summed E-state index contributed by atoms with van der Waals surface area (Å²) in [4.78, 5) is 32.7. The van der Waals surface area contributed by atoms with Gasteiger partial charge >= 0.3 is 0 Å². The molecule has 41 heavy (non-hydrogen) atoms. The van der Waals surface area contributed by atoms with Crippen LogP contribution in [0, 0.1) is 6.92 Å². The molecule has 0 fully saturated rings. The van der Waals surface area contributed by atoms with Crippen LogP contribution in [0.2, 0.25) is 0 Å². The molecular weight excluding hydrogens is 588 g/mol. The number of anilines is 1. The Morgan fingerprint density at radius 1 is 1.05 bits per heavy atom. The molecule has 1 N–H and O–H groups in total. The second kappa shape index (κ2) is 9.43. The molecule has 0 bridgehead atoms. The highest BCUT2D eigenvalue weighted by Crippen LogP contribution is 2.49. The number of ether oxygens (including phenoxy) is 3. The van der Waals surface area contributed by atoms with E-state index in [-0.39, 0.29) is 19.1 Å². The maximum absolute atomic E-state index is 14.1. The fourth-order valence-electron chi connectivity index (χ4n) is 5.84. The van der Waals surface area contributed by atoms with Gasteiger partial charge in [-0.2, -0.15) is 0 Å². The molecule has 4 heterocycles. The van der Waals surface area contributed by atoms with Crippen LogP contribution in [0.25, 0.3) is 11.3 Å². The highest BCUT2D eigenvalue weighted by molar-refractivity contribution is 9.10. The van der Waals surface area contributed by atoms with Crippen molar-refractivity contribution < 1.29 is 28.9 Å². The zero-order chi connectivity index (χ0) is 28.5. The van der Waals surface area contributed by atoms with Gasteiger partial charge in [0.2, 0.25) is 5.78 Å². The van der Waals surface area contributed by atoms with Gasteiger partial charge in [-0.1, -0.05) is 27.6 Å². The lowest BCUT2D eigenvalue weighted by Crippen LogP contribution is -2.45. The number of pyridine rings is 1. The number of hydrogen-bond donors (Lipinski definition) is 1. The molecule has 1 amide bonds. The number of carbonyl (C=O) groups excluding carboxylic acids is 2. The van der Waals surface area contributed by atoms with E-state index in [1.165, 1.54) is 0 Å². The van der Waals surface area contributed by atoms with Crippen LogP contribution in [-0.2, 0) is 17.0 Å². The number of aliphatic hydroxyl groups is 1. The molecule has 2 atom stereocenters. The van der Waals surface area contributed by atoms with Crippen LogP contribution in [0.1, 0.15) is 39.5 Å². The van der Waals surface area contributed by atoms with Gasteiger partial charge in [-0.3, -0.25) is 14.6 Å². The van der Waals surface area contributed by atoms with E-state index in [1.54, 1.807) is 47.5 Å². The molecule has 4 aromatic rings. The van der Waals surface area contributed by atoms with Crippen LogP contribution < -0.4 is 19.1 Å². The zero-order valence-corrected chi connectivity index (χ0v) is 23.9. The van der Waals surface area contributed by atoms with Crippen LogP contribution in [0.3, 0.4) is 0 Å². The molecule has 1 aromatic heterocycles. The number of benzene rings is 3. The monoisotopic (exact) mass is 612 g/mol. The van der Waals surface area contributed by atoms with E-state index in [0.717, 1.165) is 32.6 Å². The third-order valence-corrected chi connectivity index (χ3v) is 8.39. The van der Waals surface area contributed by atoms with Gasteiger partial charge in [-0.25, -0.2) is 0 Å². The Hall–Kier alpha value is -4.21. The predicted octanol–water partition coefficient (Wildman–Crippen LogP) is 5.34. The number of aromatic nitrogens is 1. The molecule has 206 valence electrons. The normalized spacial score (nSPS) is 20.1. The van der Waals surface area contributed by atoms with Gasteiger partial charge in [0.25, 0.3) is 5.91 Å². The average Bonchev–Trinajstić information content (AvgIpc) is 3.28. The topological polar surface area (TPSA) is 98.2 Å². The van der Waals surface area contributed by atoms with Gasteiger partial charge < -0.3 is 24.2 Å². The summed E-state index contributed by atoms with van der Waals surface area (Å²) < 4.78 is 18.6. The second-order valence-corrected chi connectivity index (χ2v) is 11.3. The van der Waals surface area contributed by atoms with Gasteiger partial charge in [0.1, 0.15) is 23.9 Å². The van der Waals surface area contributed by atoms with Gasteiger partial charge in [0.05, 0.1) is 11.4 Å². The van der Waals surface area contributed by atoms with E-state index < -0.39 is 17.5 Å². The minimum absolute atomic E-state index is 0.104. The second-order valence-electron chi connectivity index (χ2n) is 10.4. The van der Waals surface area contributed by atoms with Gasteiger partial charge in [-0.05, 0) is 68.4 Å². The Balaban J connectivity index is 1.33. The van der Waals surface area contributed by atoms with E-state index >= 15 is 0 Å². The molecule has 0 spiro atoms. The van der Waals surface area contributed by atoms with E-state index in [2.05, 4.69) is 15.9 Å². The first kappa shape index (κ1) is 25.7. The summed E-state index contributed by atoms with van der Waals surface area (Å²) >= 11 is 3.50. The third-order valence-electron chi connectivity index (χ3n) is 7.90. The number of likely N-dealkylation sites (N-methyl/N-ethyl adjacent to an activating group) is 1. The average molecular weight is 613 g/mol. The molecule has 0 unspecified atom stereocenters. The van der Waals surface area contributed by atoms with Crippen LogP contribution in [0.15, 0.2) is 71.3 Å². The largest absolute Gasteiger partial charge is 0.488 e. The fraction of sp³-hybridized carbons (Fsp3) is 0.219. The first-order chi connectivity index (χ1) is 19.8. The van der Waals surface area contributed by atoms with Crippen molar-refractivity contribution in [1.29, 1.82) is 0 Å².